The van der Waals surface area contributed by atoms with E-state index in [1.54, 1.807) is 12.4 Å². The lowest BCUT2D eigenvalue weighted by atomic mass is 9.95. The number of nitrogens with zero attached hydrogens (tertiary/aromatic N) is 3. The molecule has 4 aromatic rings. The van der Waals surface area contributed by atoms with Crippen molar-refractivity contribution in [3.8, 4) is 22.4 Å². The van der Waals surface area contributed by atoms with Crippen LogP contribution in [-0.2, 0) is 18.3 Å². The van der Waals surface area contributed by atoms with Crippen molar-refractivity contribution < 1.29 is 4.79 Å². The number of anilines is 2. The van der Waals surface area contributed by atoms with Crippen LogP contribution in [-0.4, -0.2) is 26.7 Å². The molecule has 31 heavy (non-hydrogen) atoms. The van der Waals surface area contributed by atoms with Crippen molar-refractivity contribution in [1.29, 1.82) is 0 Å². The van der Waals surface area contributed by atoms with Crippen LogP contribution >= 0.6 is 0 Å². The molecule has 1 aliphatic heterocycles. The van der Waals surface area contributed by atoms with E-state index in [0.717, 1.165) is 40.9 Å². The van der Waals surface area contributed by atoms with Crippen molar-refractivity contribution in [3.05, 3.63) is 84.7 Å². The number of hydrogen-bond acceptors (Lipinski definition) is 4. The lowest BCUT2D eigenvalue weighted by molar-refractivity contribution is -0.117. The highest BCUT2D eigenvalue weighted by molar-refractivity contribution is 5.96. The molecule has 1 unspecified atom stereocenters. The number of rotatable bonds is 4. The largest absolute Gasteiger partial charge is 0.373 e. The maximum atomic E-state index is 12.8. The molecule has 1 atom stereocenters. The van der Waals surface area contributed by atoms with Crippen molar-refractivity contribution in [2.24, 2.45) is 7.05 Å². The molecule has 0 fully saturated rings. The number of aryl methyl sites for hydroxylation is 2. The molecule has 2 aromatic carbocycles. The first-order valence-corrected chi connectivity index (χ1v) is 10.4. The van der Waals surface area contributed by atoms with E-state index < -0.39 is 0 Å². The molecule has 5 rings (SSSR count). The molecule has 0 radical (unpaired) electrons. The third-order valence-electron chi connectivity index (χ3n) is 5.69. The molecule has 154 valence electrons. The minimum absolute atomic E-state index is 0.0682. The van der Waals surface area contributed by atoms with Crippen LogP contribution in [0.25, 0.3) is 22.4 Å². The van der Waals surface area contributed by atoms with Gasteiger partial charge >= 0.3 is 0 Å². The van der Waals surface area contributed by atoms with E-state index in [9.17, 15) is 4.79 Å². The standard InChI is InChI=1S/C25H23N5O/c1-30-23(13-14-27-30)19-8-10-21-18(15-19)7-11-22(28-21)25(31)29-24-12-9-20(16-26-24)17-5-3-2-4-6-17/h2-6,8-10,12-16,22,28H,7,11H2,1H3,(H,26,29,31). The van der Waals surface area contributed by atoms with Crippen LogP contribution in [0.3, 0.4) is 0 Å². The summed E-state index contributed by atoms with van der Waals surface area (Å²) in [6.07, 6.45) is 5.16. The first-order valence-electron chi connectivity index (χ1n) is 10.4. The predicted molar refractivity (Wildman–Crippen MR) is 123 cm³/mol. The van der Waals surface area contributed by atoms with Gasteiger partial charge in [-0.1, -0.05) is 36.4 Å². The fourth-order valence-corrected chi connectivity index (χ4v) is 4.00. The van der Waals surface area contributed by atoms with Crippen molar-refractivity contribution >= 4 is 17.4 Å². The van der Waals surface area contributed by atoms with Crippen LogP contribution in [0.4, 0.5) is 11.5 Å². The summed E-state index contributed by atoms with van der Waals surface area (Å²) in [5.41, 5.74) is 6.55. The van der Waals surface area contributed by atoms with Crippen LogP contribution in [0.2, 0.25) is 0 Å². The summed E-state index contributed by atoms with van der Waals surface area (Å²) < 4.78 is 1.87. The van der Waals surface area contributed by atoms with Crippen molar-refractivity contribution in [1.82, 2.24) is 14.8 Å². The summed E-state index contributed by atoms with van der Waals surface area (Å²) in [6.45, 7) is 0. The third-order valence-corrected chi connectivity index (χ3v) is 5.69. The zero-order valence-corrected chi connectivity index (χ0v) is 17.2. The highest BCUT2D eigenvalue weighted by atomic mass is 16.2. The van der Waals surface area contributed by atoms with Gasteiger partial charge in [0.15, 0.2) is 0 Å². The van der Waals surface area contributed by atoms with Gasteiger partial charge in [-0.3, -0.25) is 9.48 Å². The molecule has 0 aliphatic carbocycles. The number of carbonyl (C=O) groups is 1. The summed E-state index contributed by atoms with van der Waals surface area (Å²) in [6, 6.07) is 21.9. The molecule has 2 aromatic heterocycles. The molecular weight excluding hydrogens is 386 g/mol. The van der Waals surface area contributed by atoms with Gasteiger partial charge in [0.25, 0.3) is 0 Å². The number of nitrogens with one attached hydrogen (secondary N) is 2. The van der Waals surface area contributed by atoms with Crippen molar-refractivity contribution in [2.45, 2.75) is 18.9 Å². The Morgan fingerprint density at radius 3 is 2.61 bits per heavy atom. The second kappa shape index (κ2) is 8.07. The third kappa shape index (κ3) is 3.92. The second-order valence-electron chi connectivity index (χ2n) is 7.73. The Bertz CT molecular complexity index is 1210. The van der Waals surface area contributed by atoms with E-state index in [0.29, 0.717) is 5.82 Å². The molecule has 0 saturated carbocycles. The minimum atomic E-state index is -0.286. The van der Waals surface area contributed by atoms with Gasteiger partial charge in [0.05, 0.1) is 5.69 Å². The first kappa shape index (κ1) is 19.1. The number of fused-ring (bicyclic) bond motifs is 1. The topological polar surface area (TPSA) is 71.8 Å². The number of aromatic nitrogens is 3. The average Bonchev–Trinajstić information content (AvgIpc) is 3.25. The van der Waals surface area contributed by atoms with Gasteiger partial charge in [-0.25, -0.2) is 4.98 Å². The van der Waals surface area contributed by atoms with Crippen molar-refractivity contribution in [2.75, 3.05) is 10.6 Å². The normalized spacial score (nSPS) is 15.1. The van der Waals surface area contributed by atoms with Gasteiger partial charge in [0.1, 0.15) is 11.9 Å². The summed E-state index contributed by atoms with van der Waals surface area (Å²) in [5, 5.41) is 10.6. The Balaban J connectivity index is 1.26. The fourth-order valence-electron chi connectivity index (χ4n) is 4.00. The Kier molecular flexibility index (Phi) is 4.96. The van der Waals surface area contributed by atoms with Crippen LogP contribution in [0.15, 0.2) is 79.1 Å². The number of pyridine rings is 1. The lowest BCUT2D eigenvalue weighted by Crippen LogP contribution is -2.37. The average molecular weight is 409 g/mol. The smallest absolute Gasteiger partial charge is 0.248 e. The molecule has 1 aliphatic rings. The highest BCUT2D eigenvalue weighted by Gasteiger charge is 2.24. The SMILES string of the molecule is Cn1nccc1-c1ccc2c(c1)CCC(C(=O)Nc1ccc(-c3ccccc3)cn1)N2. The maximum absolute atomic E-state index is 12.8. The molecule has 6 heteroatoms. The molecule has 6 nitrogen and oxygen atoms in total. The Morgan fingerprint density at radius 2 is 1.87 bits per heavy atom. The van der Waals surface area contributed by atoms with Crippen LogP contribution in [0.5, 0.6) is 0 Å². The molecule has 0 saturated heterocycles. The van der Waals surface area contributed by atoms with Gasteiger partial charge in [0, 0.05) is 36.3 Å². The molecular formula is C25H23N5O. The summed E-state index contributed by atoms with van der Waals surface area (Å²) in [4.78, 5) is 17.2. The zero-order chi connectivity index (χ0) is 21.2. The van der Waals surface area contributed by atoms with Crippen LogP contribution < -0.4 is 10.6 Å². The van der Waals surface area contributed by atoms with E-state index in [4.69, 9.17) is 0 Å². The van der Waals surface area contributed by atoms with Crippen LogP contribution in [0, 0.1) is 0 Å². The van der Waals surface area contributed by atoms with Crippen LogP contribution in [0.1, 0.15) is 12.0 Å². The van der Waals surface area contributed by atoms with E-state index >= 15 is 0 Å². The molecule has 2 N–H and O–H groups in total. The van der Waals surface area contributed by atoms with E-state index in [2.05, 4.69) is 32.8 Å². The predicted octanol–water partition coefficient (Wildman–Crippen LogP) is 4.51. The zero-order valence-electron chi connectivity index (χ0n) is 17.2. The summed E-state index contributed by atoms with van der Waals surface area (Å²) >= 11 is 0. The number of amides is 1. The van der Waals surface area contributed by atoms with Gasteiger partial charge in [-0.05, 0) is 54.3 Å². The second-order valence-corrected chi connectivity index (χ2v) is 7.73. The summed E-state index contributed by atoms with van der Waals surface area (Å²) in [5.74, 6) is 0.491. The molecule has 3 heterocycles. The molecule has 1 amide bonds. The van der Waals surface area contributed by atoms with E-state index in [-0.39, 0.29) is 11.9 Å². The van der Waals surface area contributed by atoms with E-state index in [1.165, 1.54) is 5.56 Å². The number of carbonyl (C=O) groups excluding carboxylic acids is 1. The quantitative estimate of drug-likeness (QED) is 0.520. The number of benzene rings is 2. The van der Waals surface area contributed by atoms with Gasteiger partial charge in [0.2, 0.25) is 5.91 Å². The minimum Gasteiger partial charge on any atom is -0.373 e. The highest BCUT2D eigenvalue weighted by Crippen LogP contribution is 2.30. The van der Waals surface area contributed by atoms with E-state index in [1.807, 2.05) is 66.3 Å². The Labute approximate surface area is 181 Å². The van der Waals surface area contributed by atoms with Gasteiger partial charge in [-0.15, -0.1) is 0 Å². The molecule has 0 bridgehead atoms. The number of hydrogen-bond donors (Lipinski definition) is 2. The lowest BCUT2D eigenvalue weighted by Gasteiger charge is -2.26. The first-order chi connectivity index (χ1) is 15.2. The van der Waals surface area contributed by atoms with Gasteiger partial charge < -0.3 is 10.6 Å². The Hall–Kier alpha value is -3.93. The summed E-state index contributed by atoms with van der Waals surface area (Å²) in [7, 11) is 1.94. The monoisotopic (exact) mass is 409 g/mol. The molecule has 0 spiro atoms. The Morgan fingerprint density at radius 1 is 1.03 bits per heavy atom. The maximum Gasteiger partial charge on any atom is 0.248 e. The van der Waals surface area contributed by atoms with Crippen molar-refractivity contribution in [3.63, 3.8) is 0 Å². The fraction of sp³-hybridized carbons (Fsp3) is 0.160. The van der Waals surface area contributed by atoms with Gasteiger partial charge in [-0.2, -0.15) is 5.10 Å².